The minimum Gasteiger partial charge on any atom is -0.479 e. The lowest BCUT2D eigenvalue weighted by Crippen LogP contribution is -2.61. The van der Waals surface area contributed by atoms with E-state index in [2.05, 4.69) is 0 Å². The first-order valence-electron chi connectivity index (χ1n) is 5.60. The van der Waals surface area contributed by atoms with Gasteiger partial charge in [-0.1, -0.05) is 6.92 Å². The summed E-state index contributed by atoms with van der Waals surface area (Å²) < 4.78 is 9.69. The molecule has 1 aliphatic heterocycles. The Morgan fingerprint density at radius 3 is 2.16 bits per heavy atom. The number of hydrogen-bond acceptors (Lipinski definition) is 7. The summed E-state index contributed by atoms with van der Waals surface area (Å²) in [6, 6.07) is 0. The SMILES string of the molecule is CCC(O[C@H]1OC(C(=O)O)[C@H](O)C(O)[C@@H]1O)C(=O)O. The molecule has 0 radical (unpaired) electrons. The van der Waals surface area contributed by atoms with Crippen molar-refractivity contribution < 1.29 is 44.6 Å². The van der Waals surface area contributed by atoms with Gasteiger partial charge in [0.1, 0.15) is 18.3 Å². The van der Waals surface area contributed by atoms with E-state index >= 15 is 0 Å². The fourth-order valence-corrected chi connectivity index (χ4v) is 1.66. The fraction of sp³-hybridized carbons (Fsp3) is 0.800. The molecule has 3 unspecified atom stereocenters. The zero-order chi connectivity index (χ0) is 14.7. The van der Waals surface area contributed by atoms with Crippen LogP contribution in [0.5, 0.6) is 0 Å². The lowest BCUT2D eigenvalue weighted by molar-refractivity contribution is -0.303. The fourth-order valence-electron chi connectivity index (χ4n) is 1.66. The standard InChI is InChI=1S/C10H16O9/c1-2-3(8(14)15)18-10-6(13)4(11)5(12)7(19-10)9(16)17/h3-7,10-13H,2H2,1H3,(H,14,15)(H,16,17)/t3?,4?,5-,6+,7?,10+/m1/s1. The number of aliphatic hydroxyl groups excluding tert-OH is 3. The molecule has 19 heavy (non-hydrogen) atoms. The molecule has 1 heterocycles. The molecule has 0 aromatic heterocycles. The summed E-state index contributed by atoms with van der Waals surface area (Å²) in [7, 11) is 0. The molecule has 0 amide bonds. The summed E-state index contributed by atoms with van der Waals surface area (Å²) in [4.78, 5) is 21.6. The van der Waals surface area contributed by atoms with Crippen molar-refractivity contribution in [3.8, 4) is 0 Å². The quantitative estimate of drug-likeness (QED) is 0.376. The molecule has 1 aliphatic rings. The first-order valence-corrected chi connectivity index (χ1v) is 5.60. The first kappa shape index (κ1) is 15.8. The first-order chi connectivity index (χ1) is 8.79. The van der Waals surface area contributed by atoms with Gasteiger partial charge < -0.3 is 35.0 Å². The second-order valence-corrected chi connectivity index (χ2v) is 4.11. The van der Waals surface area contributed by atoms with Gasteiger partial charge in [-0.3, -0.25) is 0 Å². The monoisotopic (exact) mass is 280 g/mol. The number of hydrogen-bond donors (Lipinski definition) is 5. The maximum absolute atomic E-state index is 10.8. The maximum atomic E-state index is 10.8. The molecule has 9 heteroatoms. The van der Waals surface area contributed by atoms with E-state index in [4.69, 9.17) is 19.7 Å². The number of carboxylic acids is 2. The van der Waals surface area contributed by atoms with Crippen LogP contribution in [0.3, 0.4) is 0 Å². The predicted molar refractivity (Wildman–Crippen MR) is 57.1 cm³/mol. The van der Waals surface area contributed by atoms with Gasteiger partial charge in [0.15, 0.2) is 18.5 Å². The predicted octanol–water partition coefficient (Wildman–Crippen LogP) is -2.24. The van der Waals surface area contributed by atoms with Crippen LogP contribution in [0.1, 0.15) is 13.3 Å². The van der Waals surface area contributed by atoms with Gasteiger partial charge in [-0.25, -0.2) is 9.59 Å². The van der Waals surface area contributed by atoms with Gasteiger partial charge in [0, 0.05) is 0 Å². The van der Waals surface area contributed by atoms with E-state index < -0.39 is 48.7 Å². The van der Waals surface area contributed by atoms with E-state index in [0.29, 0.717) is 0 Å². The van der Waals surface area contributed by atoms with E-state index in [9.17, 15) is 24.9 Å². The molecule has 9 nitrogen and oxygen atoms in total. The van der Waals surface area contributed by atoms with E-state index in [1.807, 2.05) is 0 Å². The molecule has 0 aliphatic carbocycles. The van der Waals surface area contributed by atoms with Gasteiger partial charge in [0.05, 0.1) is 0 Å². The molecular weight excluding hydrogens is 264 g/mol. The Morgan fingerprint density at radius 2 is 1.74 bits per heavy atom. The van der Waals surface area contributed by atoms with Crippen LogP contribution >= 0.6 is 0 Å². The Hall–Kier alpha value is -1.26. The zero-order valence-corrected chi connectivity index (χ0v) is 10.0. The number of aliphatic hydroxyl groups is 3. The summed E-state index contributed by atoms with van der Waals surface area (Å²) >= 11 is 0. The molecule has 0 bridgehead atoms. The normalized spacial score (nSPS) is 36.7. The summed E-state index contributed by atoms with van der Waals surface area (Å²) in [6.45, 7) is 1.51. The lowest BCUT2D eigenvalue weighted by Gasteiger charge is -2.39. The van der Waals surface area contributed by atoms with Crippen molar-refractivity contribution >= 4 is 11.9 Å². The highest BCUT2D eigenvalue weighted by molar-refractivity contribution is 5.73. The summed E-state index contributed by atoms with van der Waals surface area (Å²) in [5.41, 5.74) is 0. The van der Waals surface area contributed by atoms with Gasteiger partial charge in [-0.05, 0) is 6.42 Å². The van der Waals surface area contributed by atoms with Crippen molar-refractivity contribution in [2.45, 2.75) is 50.2 Å². The van der Waals surface area contributed by atoms with E-state index in [0.717, 1.165) is 0 Å². The summed E-state index contributed by atoms with van der Waals surface area (Å²) in [6.07, 6.45) is -10.1. The molecular formula is C10H16O9. The third-order valence-corrected chi connectivity index (χ3v) is 2.76. The number of carbonyl (C=O) groups is 2. The van der Waals surface area contributed by atoms with Crippen molar-refractivity contribution in [3.63, 3.8) is 0 Å². The van der Waals surface area contributed by atoms with E-state index in [-0.39, 0.29) is 6.42 Å². The average Bonchev–Trinajstić information content (AvgIpc) is 2.34. The Labute approximate surface area is 108 Å². The van der Waals surface area contributed by atoms with Gasteiger partial charge in [0.25, 0.3) is 0 Å². The Balaban J connectivity index is 2.82. The van der Waals surface area contributed by atoms with Crippen LogP contribution in [0.2, 0.25) is 0 Å². The minimum atomic E-state index is -1.84. The summed E-state index contributed by atoms with van der Waals surface area (Å²) in [5, 5.41) is 46.1. The largest absolute Gasteiger partial charge is 0.479 e. The average molecular weight is 280 g/mol. The molecule has 5 N–H and O–H groups in total. The molecule has 1 saturated heterocycles. The van der Waals surface area contributed by atoms with Crippen molar-refractivity contribution in [1.29, 1.82) is 0 Å². The third kappa shape index (κ3) is 3.39. The van der Waals surface area contributed by atoms with Crippen LogP contribution in [-0.4, -0.2) is 74.3 Å². The number of carboxylic acid groups (broad SMARTS) is 2. The Kier molecular flexibility index (Phi) is 5.20. The smallest absolute Gasteiger partial charge is 0.335 e. The minimum absolute atomic E-state index is 0.0539. The van der Waals surface area contributed by atoms with Crippen LogP contribution in [0.15, 0.2) is 0 Å². The molecule has 0 spiro atoms. The van der Waals surface area contributed by atoms with E-state index in [1.54, 1.807) is 0 Å². The van der Waals surface area contributed by atoms with Crippen LogP contribution in [0.4, 0.5) is 0 Å². The van der Waals surface area contributed by atoms with Crippen molar-refractivity contribution in [3.05, 3.63) is 0 Å². The van der Waals surface area contributed by atoms with Gasteiger partial charge >= 0.3 is 11.9 Å². The van der Waals surface area contributed by atoms with E-state index in [1.165, 1.54) is 6.92 Å². The van der Waals surface area contributed by atoms with Crippen LogP contribution in [-0.2, 0) is 19.1 Å². The lowest BCUT2D eigenvalue weighted by atomic mass is 9.99. The topological polar surface area (TPSA) is 154 Å². The maximum Gasteiger partial charge on any atom is 0.335 e. The van der Waals surface area contributed by atoms with Gasteiger partial charge in [-0.15, -0.1) is 0 Å². The molecule has 6 atom stereocenters. The van der Waals surface area contributed by atoms with Gasteiger partial charge in [-0.2, -0.15) is 0 Å². The second kappa shape index (κ2) is 6.26. The molecule has 1 rings (SSSR count). The highest BCUT2D eigenvalue weighted by atomic mass is 16.7. The Morgan fingerprint density at radius 1 is 1.16 bits per heavy atom. The summed E-state index contributed by atoms with van der Waals surface area (Å²) in [5.74, 6) is -2.87. The number of ether oxygens (including phenoxy) is 2. The van der Waals surface area contributed by atoms with Gasteiger partial charge in [0.2, 0.25) is 0 Å². The second-order valence-electron chi connectivity index (χ2n) is 4.11. The molecule has 110 valence electrons. The molecule has 0 saturated carbocycles. The molecule has 0 aromatic carbocycles. The number of rotatable bonds is 5. The third-order valence-electron chi connectivity index (χ3n) is 2.76. The number of aliphatic carboxylic acids is 2. The highest BCUT2D eigenvalue weighted by Gasteiger charge is 2.48. The van der Waals surface area contributed by atoms with Crippen molar-refractivity contribution in [2.24, 2.45) is 0 Å². The van der Waals surface area contributed by atoms with Crippen LogP contribution in [0, 0.1) is 0 Å². The van der Waals surface area contributed by atoms with Crippen molar-refractivity contribution in [1.82, 2.24) is 0 Å². The highest BCUT2D eigenvalue weighted by Crippen LogP contribution is 2.23. The van der Waals surface area contributed by atoms with Crippen LogP contribution in [0.25, 0.3) is 0 Å². The molecule has 1 fully saturated rings. The zero-order valence-electron chi connectivity index (χ0n) is 10.0. The molecule has 0 aromatic rings. The Bertz CT molecular complexity index is 342. The van der Waals surface area contributed by atoms with Crippen molar-refractivity contribution in [2.75, 3.05) is 0 Å². The van der Waals surface area contributed by atoms with Crippen LogP contribution < -0.4 is 0 Å².